The summed E-state index contributed by atoms with van der Waals surface area (Å²) in [5, 5.41) is 1.91. The number of sulfonamides is 1. The third-order valence-electron chi connectivity index (χ3n) is 4.36. The van der Waals surface area contributed by atoms with E-state index in [0.717, 1.165) is 16.1 Å². The molecule has 5 nitrogen and oxygen atoms in total. The van der Waals surface area contributed by atoms with Gasteiger partial charge < -0.3 is 4.90 Å². The quantitative estimate of drug-likeness (QED) is 0.887. The molecule has 1 aliphatic heterocycles. The van der Waals surface area contributed by atoms with E-state index in [4.69, 9.17) is 0 Å². The summed E-state index contributed by atoms with van der Waals surface area (Å²) in [7, 11) is -3.62. The Kier molecular flexibility index (Phi) is 4.27. The maximum Gasteiger partial charge on any atom is 0.240 e. The Balaban J connectivity index is 1.94. The fraction of sp³-hybridized carbons (Fsp3) is 0.353. The van der Waals surface area contributed by atoms with Gasteiger partial charge in [0.1, 0.15) is 0 Å². The molecule has 0 spiro atoms. The zero-order valence-corrected chi connectivity index (χ0v) is 15.5. The molecule has 128 valence electrons. The summed E-state index contributed by atoms with van der Waals surface area (Å²) in [5.41, 5.74) is 0.836. The van der Waals surface area contributed by atoms with E-state index in [1.54, 1.807) is 23.1 Å². The zero-order chi connectivity index (χ0) is 17.5. The molecule has 0 saturated carbocycles. The monoisotopic (exact) mass is 364 g/mol. The van der Waals surface area contributed by atoms with E-state index >= 15 is 0 Å². The van der Waals surface area contributed by atoms with Gasteiger partial charge in [-0.15, -0.1) is 11.3 Å². The van der Waals surface area contributed by atoms with Crippen molar-refractivity contribution in [2.75, 3.05) is 11.4 Å². The van der Waals surface area contributed by atoms with Gasteiger partial charge >= 0.3 is 0 Å². The summed E-state index contributed by atoms with van der Waals surface area (Å²) in [6, 6.07) is 8.69. The lowest BCUT2D eigenvalue weighted by atomic mass is 9.86. The summed E-state index contributed by atoms with van der Waals surface area (Å²) < 4.78 is 27.7. The van der Waals surface area contributed by atoms with Crippen molar-refractivity contribution in [3.63, 3.8) is 0 Å². The molecule has 24 heavy (non-hydrogen) atoms. The Morgan fingerprint density at radius 1 is 1.25 bits per heavy atom. The van der Waals surface area contributed by atoms with Crippen LogP contribution in [0.25, 0.3) is 0 Å². The molecule has 1 aliphatic rings. The van der Waals surface area contributed by atoms with Gasteiger partial charge in [0.15, 0.2) is 0 Å². The number of rotatable bonds is 5. The lowest BCUT2D eigenvalue weighted by Crippen LogP contribution is -2.35. The molecule has 0 unspecified atom stereocenters. The van der Waals surface area contributed by atoms with Gasteiger partial charge in [0.25, 0.3) is 0 Å². The number of amides is 1. The van der Waals surface area contributed by atoms with E-state index in [1.807, 2.05) is 38.3 Å². The molecule has 2 aromatic rings. The molecule has 0 bridgehead atoms. The first kappa shape index (κ1) is 17.1. The number of carbonyl (C=O) groups is 1. The van der Waals surface area contributed by atoms with Crippen molar-refractivity contribution in [3.8, 4) is 0 Å². The lowest BCUT2D eigenvalue weighted by Gasteiger charge is -2.18. The minimum absolute atomic E-state index is 0.00101. The molecule has 7 heteroatoms. The molecule has 0 aliphatic carbocycles. The fourth-order valence-electron chi connectivity index (χ4n) is 2.96. The van der Waals surface area contributed by atoms with Crippen LogP contribution in [0.15, 0.2) is 40.6 Å². The van der Waals surface area contributed by atoms with Crippen LogP contribution in [0, 0.1) is 0 Å². The van der Waals surface area contributed by atoms with Crippen LogP contribution in [0.4, 0.5) is 5.69 Å². The molecule has 0 radical (unpaired) electrons. The van der Waals surface area contributed by atoms with Gasteiger partial charge in [-0.1, -0.05) is 6.07 Å². The van der Waals surface area contributed by atoms with Gasteiger partial charge in [-0.25, -0.2) is 13.1 Å². The Bertz CT molecular complexity index is 871. The van der Waals surface area contributed by atoms with Crippen molar-refractivity contribution in [2.24, 2.45) is 0 Å². The molecular formula is C17H20N2O3S2. The first-order valence-corrected chi connectivity index (χ1v) is 10.1. The highest BCUT2D eigenvalue weighted by Gasteiger charge is 2.43. The molecule has 1 aromatic heterocycles. The van der Waals surface area contributed by atoms with Crippen LogP contribution < -0.4 is 9.62 Å². The van der Waals surface area contributed by atoms with Crippen molar-refractivity contribution in [3.05, 3.63) is 46.2 Å². The van der Waals surface area contributed by atoms with Crippen LogP contribution in [0.3, 0.4) is 0 Å². The fourth-order valence-corrected chi connectivity index (χ4v) is 4.73. The Morgan fingerprint density at radius 2 is 2.00 bits per heavy atom. The van der Waals surface area contributed by atoms with Crippen LogP contribution in [-0.4, -0.2) is 20.9 Å². The van der Waals surface area contributed by atoms with Crippen LogP contribution in [-0.2, 0) is 26.8 Å². The van der Waals surface area contributed by atoms with Crippen LogP contribution in [0.5, 0.6) is 0 Å². The second kappa shape index (κ2) is 5.98. The molecule has 1 amide bonds. The number of nitrogens with zero attached hydrogens (tertiary/aromatic N) is 1. The average Bonchev–Trinajstić information content (AvgIpc) is 3.12. The highest BCUT2D eigenvalue weighted by molar-refractivity contribution is 7.89. The van der Waals surface area contributed by atoms with Gasteiger partial charge in [0.2, 0.25) is 15.9 Å². The second-order valence-corrected chi connectivity index (χ2v) is 9.06. The summed E-state index contributed by atoms with van der Waals surface area (Å²) >= 11 is 1.50. The highest BCUT2D eigenvalue weighted by atomic mass is 32.2. The normalized spacial score (nSPS) is 16.5. The van der Waals surface area contributed by atoms with Gasteiger partial charge in [-0.3, -0.25) is 4.79 Å². The number of fused-ring (bicyclic) bond motifs is 1. The predicted octanol–water partition coefficient (Wildman–Crippen LogP) is 2.87. The number of benzene rings is 1. The van der Waals surface area contributed by atoms with E-state index in [0.29, 0.717) is 6.54 Å². The lowest BCUT2D eigenvalue weighted by molar-refractivity contribution is -0.122. The number of thiophene rings is 1. The first-order valence-electron chi connectivity index (χ1n) is 7.76. The maximum absolute atomic E-state index is 12.6. The second-order valence-electron chi connectivity index (χ2n) is 6.26. The summed E-state index contributed by atoms with van der Waals surface area (Å²) in [4.78, 5) is 15.4. The average molecular weight is 364 g/mol. The number of hydrogen-bond acceptors (Lipinski definition) is 4. The third kappa shape index (κ3) is 2.76. The number of carbonyl (C=O) groups excluding carboxylic acids is 1. The van der Waals surface area contributed by atoms with Gasteiger partial charge in [0.05, 0.1) is 10.3 Å². The number of nitrogens with one attached hydrogen (secondary N) is 1. The van der Waals surface area contributed by atoms with E-state index in [2.05, 4.69) is 4.72 Å². The summed E-state index contributed by atoms with van der Waals surface area (Å²) in [5.74, 6) is 0.00101. The van der Waals surface area contributed by atoms with Crippen LogP contribution in [0.1, 0.15) is 31.2 Å². The maximum atomic E-state index is 12.6. The number of likely N-dealkylation sites (N-methyl/N-ethyl adjacent to an activating group) is 1. The minimum Gasteiger partial charge on any atom is -0.312 e. The van der Waals surface area contributed by atoms with E-state index in [-0.39, 0.29) is 17.3 Å². The molecule has 0 atom stereocenters. The molecule has 3 rings (SSSR count). The topological polar surface area (TPSA) is 66.5 Å². The Hall–Kier alpha value is -1.70. The van der Waals surface area contributed by atoms with Gasteiger partial charge in [-0.2, -0.15) is 0 Å². The highest BCUT2D eigenvalue weighted by Crippen LogP contribution is 2.42. The van der Waals surface area contributed by atoms with Crippen molar-refractivity contribution in [1.29, 1.82) is 0 Å². The number of hydrogen-bond donors (Lipinski definition) is 1. The summed E-state index contributed by atoms with van der Waals surface area (Å²) in [6.07, 6.45) is 0. The van der Waals surface area contributed by atoms with Gasteiger partial charge in [0, 0.05) is 23.7 Å². The largest absolute Gasteiger partial charge is 0.312 e. The predicted molar refractivity (Wildman–Crippen MR) is 95.8 cm³/mol. The standard InChI is InChI=1S/C17H20N2O3S2/c1-4-19-15-8-7-13(10-14(15)17(2,3)16(19)20)24(21,22)18-11-12-6-5-9-23-12/h5-10,18H,4,11H2,1-3H3. The van der Waals surface area contributed by atoms with Crippen molar-refractivity contribution in [1.82, 2.24) is 4.72 Å². The van der Waals surface area contributed by atoms with Crippen molar-refractivity contribution in [2.45, 2.75) is 37.6 Å². The third-order valence-corrected chi connectivity index (χ3v) is 6.63. The SMILES string of the molecule is CCN1C(=O)C(C)(C)c2cc(S(=O)(=O)NCc3cccs3)ccc21. The zero-order valence-electron chi connectivity index (χ0n) is 13.9. The minimum atomic E-state index is -3.62. The molecule has 0 fully saturated rings. The van der Waals surface area contributed by atoms with Crippen LogP contribution >= 0.6 is 11.3 Å². The van der Waals surface area contributed by atoms with Crippen molar-refractivity contribution < 1.29 is 13.2 Å². The smallest absolute Gasteiger partial charge is 0.240 e. The van der Waals surface area contributed by atoms with Crippen LogP contribution in [0.2, 0.25) is 0 Å². The van der Waals surface area contributed by atoms with E-state index in [9.17, 15) is 13.2 Å². The molecule has 2 heterocycles. The molecule has 1 aromatic carbocycles. The molecule has 1 N–H and O–H groups in total. The number of anilines is 1. The first-order chi connectivity index (χ1) is 11.3. The molecule has 0 saturated heterocycles. The van der Waals surface area contributed by atoms with Crippen molar-refractivity contribution >= 4 is 33.0 Å². The summed E-state index contributed by atoms with van der Waals surface area (Å²) in [6.45, 7) is 6.41. The van der Waals surface area contributed by atoms with E-state index < -0.39 is 15.4 Å². The van der Waals surface area contributed by atoms with Gasteiger partial charge in [-0.05, 0) is 56.0 Å². The Morgan fingerprint density at radius 3 is 2.62 bits per heavy atom. The Labute approximate surface area is 146 Å². The van der Waals surface area contributed by atoms with E-state index in [1.165, 1.54) is 11.3 Å². The molecular weight excluding hydrogens is 344 g/mol.